The van der Waals surface area contributed by atoms with Gasteiger partial charge in [-0.05, 0) is 23.8 Å². The highest BCUT2D eigenvalue weighted by Gasteiger charge is 2.21. The number of carbonyl (C=O) groups is 1. The van der Waals surface area contributed by atoms with Gasteiger partial charge in [0.15, 0.2) is 0 Å². The van der Waals surface area contributed by atoms with E-state index in [-0.39, 0.29) is 12.0 Å². The number of rotatable bonds is 5. The van der Waals surface area contributed by atoms with Crippen LogP contribution in [-0.4, -0.2) is 43.6 Å². The van der Waals surface area contributed by atoms with Crippen LogP contribution in [0.5, 0.6) is 0 Å². The average molecular weight is 328 g/mol. The summed E-state index contributed by atoms with van der Waals surface area (Å²) in [6.45, 7) is 3.60. The van der Waals surface area contributed by atoms with Crippen LogP contribution in [0.2, 0.25) is 0 Å². The highest BCUT2D eigenvalue weighted by atomic mass is 19.1. The van der Waals surface area contributed by atoms with Crippen LogP contribution >= 0.6 is 0 Å². The van der Waals surface area contributed by atoms with E-state index in [1.807, 2.05) is 18.2 Å². The molecule has 1 heterocycles. The van der Waals surface area contributed by atoms with Crippen molar-refractivity contribution in [2.45, 2.75) is 6.10 Å². The summed E-state index contributed by atoms with van der Waals surface area (Å²) in [7, 11) is 0. The zero-order valence-corrected chi connectivity index (χ0v) is 13.5. The molecule has 1 N–H and O–H groups in total. The van der Waals surface area contributed by atoms with Gasteiger partial charge in [-0.15, -0.1) is 0 Å². The van der Waals surface area contributed by atoms with Crippen molar-refractivity contribution in [2.24, 2.45) is 0 Å². The van der Waals surface area contributed by atoms with E-state index in [2.05, 4.69) is 22.3 Å². The first kappa shape index (κ1) is 16.6. The lowest BCUT2D eigenvalue weighted by Crippen LogP contribution is -2.42. The molecule has 126 valence electrons. The lowest BCUT2D eigenvalue weighted by Gasteiger charge is -2.33. The van der Waals surface area contributed by atoms with Crippen molar-refractivity contribution in [3.63, 3.8) is 0 Å². The van der Waals surface area contributed by atoms with E-state index in [1.165, 1.54) is 23.8 Å². The Hall–Kier alpha value is -2.24. The van der Waals surface area contributed by atoms with Crippen molar-refractivity contribution >= 4 is 5.91 Å². The SMILES string of the molecule is O=C(NCCN1CCO[C@@H](c2ccccc2)C1)c1cccc(F)c1. The predicted molar refractivity (Wildman–Crippen MR) is 90.3 cm³/mol. The van der Waals surface area contributed by atoms with E-state index in [1.54, 1.807) is 6.07 Å². The van der Waals surface area contributed by atoms with E-state index in [0.717, 1.165) is 19.6 Å². The molecule has 0 radical (unpaired) electrons. The van der Waals surface area contributed by atoms with Crippen LogP contribution in [0.4, 0.5) is 4.39 Å². The highest BCUT2D eigenvalue weighted by Crippen LogP contribution is 2.21. The van der Waals surface area contributed by atoms with Crippen molar-refractivity contribution in [2.75, 3.05) is 32.8 Å². The third-order valence-corrected chi connectivity index (χ3v) is 4.12. The number of benzene rings is 2. The molecule has 0 aromatic heterocycles. The molecule has 0 aliphatic carbocycles. The van der Waals surface area contributed by atoms with Gasteiger partial charge in [0.1, 0.15) is 5.82 Å². The van der Waals surface area contributed by atoms with Crippen LogP contribution < -0.4 is 5.32 Å². The molecule has 0 unspecified atom stereocenters. The van der Waals surface area contributed by atoms with Gasteiger partial charge >= 0.3 is 0 Å². The van der Waals surface area contributed by atoms with Gasteiger partial charge in [0.25, 0.3) is 5.91 Å². The zero-order valence-electron chi connectivity index (χ0n) is 13.5. The maximum Gasteiger partial charge on any atom is 0.251 e. The highest BCUT2D eigenvalue weighted by molar-refractivity contribution is 5.94. The lowest BCUT2D eigenvalue weighted by atomic mass is 10.1. The quantitative estimate of drug-likeness (QED) is 0.917. The number of nitrogens with one attached hydrogen (secondary N) is 1. The van der Waals surface area contributed by atoms with E-state index < -0.39 is 5.82 Å². The van der Waals surface area contributed by atoms with Crippen molar-refractivity contribution in [3.8, 4) is 0 Å². The average Bonchev–Trinajstić information content (AvgIpc) is 2.63. The van der Waals surface area contributed by atoms with E-state index >= 15 is 0 Å². The monoisotopic (exact) mass is 328 g/mol. The second-order valence-corrected chi connectivity index (χ2v) is 5.84. The van der Waals surface area contributed by atoms with Crippen LogP contribution in [0.1, 0.15) is 22.0 Å². The number of hydrogen-bond acceptors (Lipinski definition) is 3. The molecule has 1 aliphatic heterocycles. The fraction of sp³-hybridized carbons (Fsp3) is 0.316. The van der Waals surface area contributed by atoms with Crippen LogP contribution in [0.15, 0.2) is 54.6 Å². The minimum atomic E-state index is -0.401. The smallest absolute Gasteiger partial charge is 0.251 e. The maximum absolute atomic E-state index is 13.1. The van der Waals surface area contributed by atoms with Gasteiger partial charge in [0.2, 0.25) is 0 Å². The first-order chi connectivity index (χ1) is 11.7. The molecule has 0 saturated carbocycles. The van der Waals surface area contributed by atoms with Crippen LogP contribution in [0.3, 0.4) is 0 Å². The molecule has 0 bridgehead atoms. The Labute approximate surface area is 141 Å². The molecule has 1 fully saturated rings. The van der Waals surface area contributed by atoms with Gasteiger partial charge in [-0.1, -0.05) is 36.4 Å². The third-order valence-electron chi connectivity index (χ3n) is 4.12. The fourth-order valence-corrected chi connectivity index (χ4v) is 2.83. The second kappa shape index (κ2) is 8.04. The van der Waals surface area contributed by atoms with Gasteiger partial charge in [0, 0.05) is 31.7 Å². The molecule has 5 heteroatoms. The number of halogens is 1. The number of carbonyl (C=O) groups excluding carboxylic acids is 1. The molecular weight excluding hydrogens is 307 g/mol. The third kappa shape index (κ3) is 4.40. The summed E-state index contributed by atoms with van der Waals surface area (Å²) in [6, 6.07) is 15.9. The standard InChI is InChI=1S/C19H21FN2O2/c20-17-8-4-7-16(13-17)19(23)21-9-10-22-11-12-24-18(14-22)15-5-2-1-3-6-15/h1-8,13,18H,9-12,14H2,(H,21,23)/t18-/m1/s1. The van der Waals surface area contributed by atoms with Crippen LogP contribution in [-0.2, 0) is 4.74 Å². The largest absolute Gasteiger partial charge is 0.371 e. The molecule has 1 aliphatic rings. The molecule has 2 aromatic rings. The Bertz CT molecular complexity index is 678. The van der Waals surface area contributed by atoms with Gasteiger partial charge < -0.3 is 10.1 Å². The lowest BCUT2D eigenvalue weighted by molar-refractivity contribution is -0.0293. The topological polar surface area (TPSA) is 41.6 Å². The number of hydrogen-bond donors (Lipinski definition) is 1. The molecule has 4 nitrogen and oxygen atoms in total. The number of ether oxygens (including phenoxy) is 1. The van der Waals surface area contributed by atoms with E-state index in [9.17, 15) is 9.18 Å². The number of amides is 1. The van der Waals surface area contributed by atoms with Gasteiger partial charge in [-0.25, -0.2) is 4.39 Å². The first-order valence-corrected chi connectivity index (χ1v) is 8.15. The Kier molecular flexibility index (Phi) is 5.56. The fourth-order valence-electron chi connectivity index (χ4n) is 2.83. The summed E-state index contributed by atoms with van der Waals surface area (Å²) in [6.07, 6.45) is 0.0684. The molecular formula is C19H21FN2O2. The summed E-state index contributed by atoms with van der Waals surface area (Å²) in [5, 5.41) is 2.84. The predicted octanol–water partition coefficient (Wildman–Crippen LogP) is 2.63. The summed E-state index contributed by atoms with van der Waals surface area (Å²) in [5.74, 6) is -0.649. The number of nitrogens with zero attached hydrogens (tertiary/aromatic N) is 1. The summed E-state index contributed by atoms with van der Waals surface area (Å²) < 4.78 is 19.0. The van der Waals surface area contributed by atoms with Crippen LogP contribution in [0, 0.1) is 5.82 Å². The molecule has 1 saturated heterocycles. The summed E-state index contributed by atoms with van der Waals surface area (Å²) >= 11 is 0. The van der Waals surface area contributed by atoms with Crippen LogP contribution in [0.25, 0.3) is 0 Å². The van der Waals surface area contributed by atoms with Gasteiger partial charge in [-0.2, -0.15) is 0 Å². The Morgan fingerprint density at radius 1 is 1.21 bits per heavy atom. The molecule has 24 heavy (non-hydrogen) atoms. The number of morpholine rings is 1. The normalized spacial score (nSPS) is 18.3. The maximum atomic E-state index is 13.1. The molecule has 3 rings (SSSR count). The molecule has 1 amide bonds. The van der Waals surface area contributed by atoms with E-state index in [0.29, 0.717) is 18.7 Å². The summed E-state index contributed by atoms with van der Waals surface area (Å²) in [5.41, 5.74) is 1.52. The summed E-state index contributed by atoms with van der Waals surface area (Å²) in [4.78, 5) is 14.3. The van der Waals surface area contributed by atoms with Crippen molar-refractivity contribution < 1.29 is 13.9 Å². The minimum absolute atomic E-state index is 0.0684. The second-order valence-electron chi connectivity index (χ2n) is 5.84. The Balaban J connectivity index is 1.47. The molecule has 0 spiro atoms. The first-order valence-electron chi connectivity index (χ1n) is 8.15. The van der Waals surface area contributed by atoms with Crippen molar-refractivity contribution in [1.82, 2.24) is 10.2 Å². The molecule has 2 aromatic carbocycles. The minimum Gasteiger partial charge on any atom is -0.371 e. The Morgan fingerprint density at radius 3 is 2.83 bits per heavy atom. The van der Waals surface area contributed by atoms with Gasteiger partial charge in [-0.3, -0.25) is 9.69 Å². The van der Waals surface area contributed by atoms with E-state index in [4.69, 9.17) is 4.74 Å². The molecule has 1 atom stereocenters. The Morgan fingerprint density at radius 2 is 2.04 bits per heavy atom. The van der Waals surface area contributed by atoms with Crippen molar-refractivity contribution in [3.05, 3.63) is 71.5 Å². The zero-order chi connectivity index (χ0) is 16.8. The van der Waals surface area contributed by atoms with Gasteiger partial charge in [0.05, 0.1) is 12.7 Å². The van der Waals surface area contributed by atoms with Crippen molar-refractivity contribution in [1.29, 1.82) is 0 Å².